The number of aryl methyl sites for hydroxylation is 2. The number of ether oxygens (including phenoxy) is 1. The van der Waals surface area contributed by atoms with Crippen LogP contribution < -0.4 is 4.74 Å². The highest BCUT2D eigenvalue weighted by Gasteiger charge is 2.30. The van der Waals surface area contributed by atoms with Crippen molar-refractivity contribution < 1.29 is 17.9 Å². The Morgan fingerprint density at radius 3 is 2.28 bits per heavy atom. The number of benzene rings is 2. The van der Waals surface area contributed by atoms with Gasteiger partial charge in [0.25, 0.3) is 0 Å². The van der Waals surface area contributed by atoms with Crippen molar-refractivity contribution in [1.29, 1.82) is 0 Å². The van der Waals surface area contributed by atoms with E-state index < -0.39 is 11.7 Å². The molecule has 2 nitrogen and oxygen atoms in total. The van der Waals surface area contributed by atoms with Gasteiger partial charge in [0, 0.05) is 16.8 Å². The maximum Gasteiger partial charge on any atom is 0.416 e. The Hall–Kier alpha value is -2.82. The van der Waals surface area contributed by atoms with Gasteiger partial charge >= 0.3 is 6.18 Å². The number of aromatic nitrogens is 1. The maximum absolute atomic E-state index is 12.8. The summed E-state index contributed by atoms with van der Waals surface area (Å²) in [5.74, 6) is 0.815. The lowest BCUT2D eigenvalue weighted by Gasteiger charge is -2.21. The van der Waals surface area contributed by atoms with Crippen molar-refractivity contribution in [2.24, 2.45) is 0 Å². The van der Waals surface area contributed by atoms with E-state index in [0.29, 0.717) is 11.3 Å². The fourth-order valence-corrected chi connectivity index (χ4v) is 3.30. The summed E-state index contributed by atoms with van der Waals surface area (Å²) in [5.41, 5.74) is 3.57. The predicted molar refractivity (Wildman–Crippen MR) is 109 cm³/mol. The molecule has 0 saturated heterocycles. The van der Waals surface area contributed by atoms with Gasteiger partial charge in [-0.2, -0.15) is 13.2 Å². The first-order valence-electron chi connectivity index (χ1n) is 9.66. The van der Waals surface area contributed by atoms with Crippen LogP contribution in [0.2, 0.25) is 0 Å². The highest BCUT2D eigenvalue weighted by molar-refractivity contribution is 5.60. The Morgan fingerprint density at radius 1 is 0.966 bits per heavy atom. The third-order valence-corrected chi connectivity index (χ3v) is 4.80. The van der Waals surface area contributed by atoms with Crippen molar-refractivity contribution in [2.75, 3.05) is 0 Å². The average molecular weight is 399 g/mol. The summed E-state index contributed by atoms with van der Waals surface area (Å²) >= 11 is 0. The molecule has 1 heterocycles. The van der Waals surface area contributed by atoms with Crippen LogP contribution in [0.3, 0.4) is 0 Å². The van der Waals surface area contributed by atoms with Crippen molar-refractivity contribution in [1.82, 2.24) is 4.98 Å². The van der Waals surface area contributed by atoms with Gasteiger partial charge in [-0.1, -0.05) is 43.7 Å². The predicted octanol–water partition coefficient (Wildman–Crippen LogP) is 7.30. The zero-order chi connectivity index (χ0) is 21.0. The monoisotopic (exact) mass is 399 g/mol. The molecule has 0 aliphatic rings. The summed E-state index contributed by atoms with van der Waals surface area (Å²) in [6.45, 7) is 6.03. The molecule has 0 aliphatic heterocycles. The molecule has 1 aromatic heterocycles. The normalized spacial score (nSPS) is 12.6. The lowest BCUT2D eigenvalue weighted by molar-refractivity contribution is -0.137. The second-order valence-corrected chi connectivity index (χ2v) is 7.16. The van der Waals surface area contributed by atoms with E-state index in [-0.39, 0.29) is 6.10 Å². The third kappa shape index (κ3) is 5.17. The highest BCUT2D eigenvalue weighted by atomic mass is 19.4. The second-order valence-electron chi connectivity index (χ2n) is 7.16. The van der Waals surface area contributed by atoms with Crippen LogP contribution in [0.25, 0.3) is 11.3 Å². The minimum Gasteiger partial charge on any atom is -0.486 e. The van der Waals surface area contributed by atoms with E-state index in [0.717, 1.165) is 47.5 Å². The van der Waals surface area contributed by atoms with Crippen LogP contribution in [-0.4, -0.2) is 4.98 Å². The molecule has 1 atom stereocenters. The molecule has 2 aromatic carbocycles. The van der Waals surface area contributed by atoms with Gasteiger partial charge in [0.15, 0.2) is 0 Å². The fourth-order valence-electron chi connectivity index (χ4n) is 3.30. The van der Waals surface area contributed by atoms with Crippen LogP contribution in [0, 0.1) is 13.8 Å². The first-order valence-corrected chi connectivity index (χ1v) is 9.66. The van der Waals surface area contributed by atoms with E-state index in [9.17, 15) is 13.2 Å². The van der Waals surface area contributed by atoms with Crippen molar-refractivity contribution in [3.05, 3.63) is 83.0 Å². The second kappa shape index (κ2) is 8.68. The van der Waals surface area contributed by atoms with Gasteiger partial charge < -0.3 is 4.74 Å². The van der Waals surface area contributed by atoms with Crippen LogP contribution in [0.5, 0.6) is 5.75 Å². The van der Waals surface area contributed by atoms with Gasteiger partial charge in [-0.15, -0.1) is 0 Å². The van der Waals surface area contributed by atoms with Crippen LogP contribution in [0.1, 0.15) is 48.3 Å². The topological polar surface area (TPSA) is 22.1 Å². The average Bonchev–Trinajstić information content (AvgIpc) is 2.67. The number of hydrogen-bond acceptors (Lipinski definition) is 2. The van der Waals surface area contributed by atoms with Gasteiger partial charge in [-0.3, -0.25) is 4.98 Å². The number of rotatable bonds is 6. The Balaban J connectivity index is 1.86. The standard InChI is InChI=1S/C24H24F3NO/c1-4-6-23(29-20-8-5-7-16(2)15-20)21-13-14-22(28-17(21)3)18-9-11-19(12-10-18)24(25,26)27/h5,7-15,23H,4,6H2,1-3H3. The van der Waals surface area contributed by atoms with E-state index >= 15 is 0 Å². The smallest absolute Gasteiger partial charge is 0.416 e. The number of pyridine rings is 1. The highest BCUT2D eigenvalue weighted by Crippen LogP contribution is 2.32. The fraction of sp³-hybridized carbons (Fsp3) is 0.292. The zero-order valence-electron chi connectivity index (χ0n) is 16.8. The molecule has 0 aliphatic carbocycles. The Bertz CT molecular complexity index is 965. The molecule has 0 saturated carbocycles. The van der Waals surface area contributed by atoms with E-state index in [4.69, 9.17) is 4.74 Å². The molecule has 0 spiro atoms. The summed E-state index contributed by atoms with van der Waals surface area (Å²) in [7, 11) is 0. The quantitative estimate of drug-likeness (QED) is 0.434. The van der Waals surface area contributed by atoms with Crippen LogP contribution in [-0.2, 0) is 6.18 Å². The molecule has 5 heteroatoms. The lowest BCUT2D eigenvalue weighted by Crippen LogP contribution is -2.10. The summed E-state index contributed by atoms with van der Waals surface area (Å²) in [4.78, 5) is 4.64. The molecule has 1 unspecified atom stereocenters. The van der Waals surface area contributed by atoms with Crippen molar-refractivity contribution >= 4 is 0 Å². The van der Waals surface area contributed by atoms with Crippen LogP contribution >= 0.6 is 0 Å². The zero-order valence-corrected chi connectivity index (χ0v) is 16.8. The summed E-state index contributed by atoms with van der Waals surface area (Å²) in [6, 6.07) is 16.8. The van der Waals surface area contributed by atoms with Gasteiger partial charge in [-0.05, 0) is 56.2 Å². The van der Waals surface area contributed by atoms with Crippen LogP contribution in [0.15, 0.2) is 60.7 Å². The minimum atomic E-state index is -4.34. The molecule has 3 rings (SSSR count). The molecule has 0 fully saturated rings. The van der Waals surface area contributed by atoms with Crippen molar-refractivity contribution in [2.45, 2.75) is 45.9 Å². The minimum absolute atomic E-state index is 0.129. The largest absolute Gasteiger partial charge is 0.486 e. The lowest BCUT2D eigenvalue weighted by atomic mass is 10.0. The van der Waals surface area contributed by atoms with Crippen molar-refractivity contribution in [3.63, 3.8) is 0 Å². The number of nitrogens with zero attached hydrogens (tertiary/aromatic N) is 1. The number of alkyl halides is 3. The van der Waals surface area contributed by atoms with E-state index in [1.807, 2.05) is 50.2 Å². The molecule has 152 valence electrons. The van der Waals surface area contributed by atoms with Crippen molar-refractivity contribution in [3.8, 4) is 17.0 Å². The van der Waals surface area contributed by atoms with E-state index in [2.05, 4.69) is 11.9 Å². The molecular formula is C24H24F3NO. The van der Waals surface area contributed by atoms with Gasteiger partial charge in [-0.25, -0.2) is 0 Å². The molecule has 0 amide bonds. The summed E-state index contributed by atoms with van der Waals surface area (Å²) in [6.07, 6.45) is -2.67. The number of halogens is 3. The SMILES string of the molecule is CCCC(Oc1cccc(C)c1)c1ccc(-c2ccc(C(F)(F)F)cc2)nc1C. The third-order valence-electron chi connectivity index (χ3n) is 4.80. The van der Waals surface area contributed by atoms with E-state index in [1.54, 1.807) is 0 Å². The Kier molecular flexibility index (Phi) is 6.26. The molecule has 0 radical (unpaired) electrons. The van der Waals surface area contributed by atoms with Crippen LogP contribution in [0.4, 0.5) is 13.2 Å². The first-order chi connectivity index (χ1) is 13.8. The van der Waals surface area contributed by atoms with E-state index in [1.165, 1.54) is 12.1 Å². The molecule has 29 heavy (non-hydrogen) atoms. The molecular weight excluding hydrogens is 375 g/mol. The van der Waals surface area contributed by atoms with Gasteiger partial charge in [0.1, 0.15) is 11.9 Å². The number of hydrogen-bond donors (Lipinski definition) is 0. The molecule has 0 bridgehead atoms. The summed E-state index contributed by atoms with van der Waals surface area (Å²) in [5, 5.41) is 0. The summed E-state index contributed by atoms with van der Waals surface area (Å²) < 4.78 is 44.6. The van der Waals surface area contributed by atoms with Gasteiger partial charge in [0.05, 0.1) is 11.3 Å². The Labute approximate surface area is 169 Å². The van der Waals surface area contributed by atoms with Gasteiger partial charge in [0.2, 0.25) is 0 Å². The maximum atomic E-state index is 12.8. The molecule has 0 N–H and O–H groups in total. The first kappa shape index (κ1) is 20.9. The Morgan fingerprint density at radius 2 is 1.69 bits per heavy atom. The molecule has 3 aromatic rings.